The molecule has 2 N–H and O–H groups in total. The minimum absolute atomic E-state index is 0.0833. The van der Waals surface area contributed by atoms with Crippen molar-refractivity contribution in [1.29, 1.82) is 0 Å². The first kappa shape index (κ1) is 13.1. The molecule has 0 spiro atoms. The monoisotopic (exact) mass is 258 g/mol. The van der Waals surface area contributed by atoms with E-state index in [0.717, 1.165) is 17.1 Å². The molecule has 0 atom stereocenters. The van der Waals surface area contributed by atoms with Gasteiger partial charge >= 0.3 is 0 Å². The first-order valence-corrected chi connectivity index (χ1v) is 6.14. The number of aryl methyl sites for hydroxylation is 2. The Labute approximate surface area is 112 Å². The van der Waals surface area contributed by atoms with Crippen molar-refractivity contribution < 1.29 is 4.79 Å². The minimum Gasteiger partial charge on any atom is -0.378 e. The molecule has 0 fully saturated rings. The van der Waals surface area contributed by atoms with Gasteiger partial charge in [0.15, 0.2) is 0 Å². The van der Waals surface area contributed by atoms with Crippen molar-refractivity contribution in [2.24, 2.45) is 7.05 Å². The molecule has 19 heavy (non-hydrogen) atoms. The van der Waals surface area contributed by atoms with Crippen LogP contribution in [0.3, 0.4) is 0 Å². The smallest absolute Gasteiger partial charge is 0.251 e. The van der Waals surface area contributed by atoms with Gasteiger partial charge in [-0.25, -0.2) is 4.98 Å². The molecule has 0 unspecified atom stereocenters. The van der Waals surface area contributed by atoms with Gasteiger partial charge in [-0.05, 0) is 24.6 Å². The summed E-state index contributed by atoms with van der Waals surface area (Å²) >= 11 is 0. The topological polar surface area (TPSA) is 59.0 Å². The van der Waals surface area contributed by atoms with Gasteiger partial charge in [0.25, 0.3) is 5.91 Å². The Balaban J connectivity index is 2.15. The van der Waals surface area contributed by atoms with E-state index in [9.17, 15) is 4.79 Å². The van der Waals surface area contributed by atoms with Crippen molar-refractivity contribution in [2.45, 2.75) is 13.5 Å². The van der Waals surface area contributed by atoms with Gasteiger partial charge in [0.2, 0.25) is 0 Å². The molecule has 1 amide bonds. The normalized spacial score (nSPS) is 10.3. The highest BCUT2D eigenvalue weighted by Crippen LogP contribution is 2.17. The van der Waals surface area contributed by atoms with E-state index in [1.165, 1.54) is 0 Å². The average Bonchev–Trinajstić information content (AvgIpc) is 2.82. The summed E-state index contributed by atoms with van der Waals surface area (Å²) in [5.41, 5.74) is 2.70. The number of amides is 1. The molecular weight excluding hydrogens is 240 g/mol. The van der Waals surface area contributed by atoms with Crippen molar-refractivity contribution >= 4 is 11.6 Å². The number of imidazole rings is 1. The highest BCUT2D eigenvalue weighted by molar-refractivity contribution is 5.95. The Hall–Kier alpha value is -2.30. The molecule has 2 aromatic rings. The van der Waals surface area contributed by atoms with Gasteiger partial charge in [0.05, 0.1) is 6.54 Å². The fourth-order valence-corrected chi connectivity index (χ4v) is 1.84. The Morgan fingerprint density at radius 3 is 2.84 bits per heavy atom. The number of hydrogen-bond acceptors (Lipinski definition) is 3. The van der Waals surface area contributed by atoms with Gasteiger partial charge in [0, 0.05) is 37.7 Å². The van der Waals surface area contributed by atoms with Crippen LogP contribution in [0.2, 0.25) is 0 Å². The second-order valence-corrected chi connectivity index (χ2v) is 4.42. The highest BCUT2D eigenvalue weighted by atomic mass is 16.1. The third kappa shape index (κ3) is 2.93. The van der Waals surface area contributed by atoms with E-state index in [2.05, 4.69) is 15.6 Å². The van der Waals surface area contributed by atoms with Crippen LogP contribution in [-0.4, -0.2) is 22.5 Å². The number of nitrogens with zero attached hydrogens (tertiary/aromatic N) is 2. The number of carbonyl (C=O) groups is 1. The van der Waals surface area contributed by atoms with Crippen LogP contribution >= 0.6 is 0 Å². The Bertz CT molecular complexity index is 589. The minimum atomic E-state index is -0.0833. The van der Waals surface area contributed by atoms with Gasteiger partial charge < -0.3 is 15.2 Å². The summed E-state index contributed by atoms with van der Waals surface area (Å²) in [6.07, 6.45) is 3.68. The lowest BCUT2D eigenvalue weighted by atomic mass is 10.1. The SMILES string of the molecule is CNC(=O)c1ccc(C)c(NCc2nccn2C)c1. The largest absolute Gasteiger partial charge is 0.378 e. The predicted octanol–water partition coefficient (Wildman–Crippen LogP) is 1.70. The number of carbonyl (C=O) groups excluding carboxylic acids is 1. The summed E-state index contributed by atoms with van der Waals surface area (Å²) in [6, 6.07) is 5.61. The fourth-order valence-electron chi connectivity index (χ4n) is 1.84. The van der Waals surface area contributed by atoms with E-state index < -0.39 is 0 Å². The molecule has 0 aliphatic rings. The van der Waals surface area contributed by atoms with Crippen LogP contribution in [0.4, 0.5) is 5.69 Å². The molecule has 0 aliphatic carbocycles. The molecule has 0 radical (unpaired) electrons. The maximum absolute atomic E-state index is 11.6. The summed E-state index contributed by atoms with van der Waals surface area (Å²) < 4.78 is 1.96. The molecular formula is C14H18N4O. The van der Waals surface area contributed by atoms with Gasteiger partial charge in [0.1, 0.15) is 5.82 Å². The third-order valence-corrected chi connectivity index (χ3v) is 3.08. The number of nitrogens with one attached hydrogen (secondary N) is 2. The molecule has 1 heterocycles. The van der Waals surface area contributed by atoms with Gasteiger partial charge in [-0.3, -0.25) is 4.79 Å². The predicted molar refractivity (Wildman–Crippen MR) is 75.1 cm³/mol. The zero-order valence-electron chi connectivity index (χ0n) is 11.4. The van der Waals surface area contributed by atoms with E-state index in [1.54, 1.807) is 13.2 Å². The average molecular weight is 258 g/mol. The molecule has 1 aromatic carbocycles. The second-order valence-electron chi connectivity index (χ2n) is 4.42. The van der Waals surface area contributed by atoms with Crippen LogP contribution < -0.4 is 10.6 Å². The highest BCUT2D eigenvalue weighted by Gasteiger charge is 2.07. The first-order valence-electron chi connectivity index (χ1n) is 6.14. The van der Waals surface area contributed by atoms with E-state index in [0.29, 0.717) is 12.1 Å². The maximum atomic E-state index is 11.6. The summed E-state index contributed by atoms with van der Waals surface area (Å²) in [6.45, 7) is 2.63. The second kappa shape index (κ2) is 5.56. The van der Waals surface area contributed by atoms with Crippen LogP contribution in [0.15, 0.2) is 30.6 Å². The quantitative estimate of drug-likeness (QED) is 0.877. The molecule has 0 bridgehead atoms. The molecule has 100 valence electrons. The van der Waals surface area contributed by atoms with E-state index >= 15 is 0 Å². The maximum Gasteiger partial charge on any atom is 0.251 e. The lowest BCUT2D eigenvalue weighted by Crippen LogP contribution is -2.18. The number of rotatable bonds is 4. The molecule has 0 saturated heterocycles. The molecule has 0 saturated carbocycles. The Morgan fingerprint density at radius 1 is 1.42 bits per heavy atom. The van der Waals surface area contributed by atoms with Crippen LogP contribution in [0.25, 0.3) is 0 Å². The standard InChI is InChI=1S/C14H18N4O/c1-10-4-5-11(14(19)15-2)8-12(10)17-9-13-16-6-7-18(13)3/h4-8,17H,9H2,1-3H3,(H,15,19). The van der Waals surface area contributed by atoms with E-state index in [4.69, 9.17) is 0 Å². The number of benzene rings is 1. The van der Waals surface area contributed by atoms with Crippen molar-refractivity contribution in [2.75, 3.05) is 12.4 Å². The number of hydrogen-bond donors (Lipinski definition) is 2. The van der Waals surface area contributed by atoms with Crippen molar-refractivity contribution in [3.8, 4) is 0 Å². The summed E-state index contributed by atoms with van der Waals surface area (Å²) in [7, 11) is 3.58. The van der Waals surface area contributed by atoms with Gasteiger partial charge in [-0.1, -0.05) is 6.07 Å². The number of anilines is 1. The Morgan fingerprint density at radius 2 is 2.21 bits per heavy atom. The molecule has 5 nitrogen and oxygen atoms in total. The summed E-state index contributed by atoms with van der Waals surface area (Å²) in [5.74, 6) is 0.866. The Kier molecular flexibility index (Phi) is 3.85. The molecule has 0 aliphatic heterocycles. The zero-order valence-corrected chi connectivity index (χ0v) is 11.4. The van der Waals surface area contributed by atoms with Crippen LogP contribution in [0, 0.1) is 6.92 Å². The van der Waals surface area contributed by atoms with Crippen LogP contribution in [0.1, 0.15) is 21.7 Å². The van der Waals surface area contributed by atoms with Crippen LogP contribution in [-0.2, 0) is 13.6 Å². The van der Waals surface area contributed by atoms with Gasteiger partial charge in [-0.15, -0.1) is 0 Å². The van der Waals surface area contributed by atoms with Crippen molar-refractivity contribution in [3.63, 3.8) is 0 Å². The zero-order chi connectivity index (χ0) is 13.8. The van der Waals surface area contributed by atoms with Crippen molar-refractivity contribution in [3.05, 3.63) is 47.5 Å². The first-order chi connectivity index (χ1) is 9.11. The molecule has 5 heteroatoms. The van der Waals surface area contributed by atoms with Crippen LogP contribution in [0.5, 0.6) is 0 Å². The third-order valence-electron chi connectivity index (χ3n) is 3.08. The fraction of sp³-hybridized carbons (Fsp3) is 0.286. The van der Waals surface area contributed by atoms with Crippen molar-refractivity contribution in [1.82, 2.24) is 14.9 Å². The molecule has 1 aromatic heterocycles. The molecule has 2 rings (SSSR count). The number of aromatic nitrogens is 2. The summed E-state index contributed by atoms with van der Waals surface area (Å²) in [4.78, 5) is 15.9. The summed E-state index contributed by atoms with van der Waals surface area (Å²) in [5, 5.41) is 5.94. The van der Waals surface area contributed by atoms with E-state index in [1.807, 2.05) is 42.9 Å². The lowest BCUT2D eigenvalue weighted by Gasteiger charge is -2.11. The van der Waals surface area contributed by atoms with E-state index in [-0.39, 0.29) is 5.91 Å². The lowest BCUT2D eigenvalue weighted by molar-refractivity contribution is 0.0963. The van der Waals surface area contributed by atoms with Gasteiger partial charge in [-0.2, -0.15) is 0 Å².